The lowest BCUT2D eigenvalue weighted by Gasteiger charge is -2.29. The Hall–Kier alpha value is -2.66. The van der Waals surface area contributed by atoms with Gasteiger partial charge in [0.1, 0.15) is 12.5 Å². The van der Waals surface area contributed by atoms with Gasteiger partial charge in [-0.3, -0.25) is 9.59 Å². The van der Waals surface area contributed by atoms with Crippen LogP contribution in [0.3, 0.4) is 0 Å². The van der Waals surface area contributed by atoms with Crippen LogP contribution in [-0.2, 0) is 32.1 Å². The summed E-state index contributed by atoms with van der Waals surface area (Å²) >= 11 is 0. The van der Waals surface area contributed by atoms with E-state index in [2.05, 4.69) is 0 Å². The molecule has 0 radical (unpaired) electrons. The molecule has 3 rings (SSSR count). The maximum absolute atomic E-state index is 12.9. The van der Waals surface area contributed by atoms with E-state index in [4.69, 9.17) is 9.47 Å². The normalized spacial score (nSPS) is 15.3. The second kappa shape index (κ2) is 9.15. The number of esters is 1. The third kappa shape index (κ3) is 4.92. The highest BCUT2D eigenvalue weighted by Crippen LogP contribution is 2.16. The third-order valence-electron chi connectivity index (χ3n) is 4.41. The monoisotopic (exact) mass is 353 g/mol. The molecular formula is C21H23NO4. The van der Waals surface area contributed by atoms with Crippen LogP contribution in [0.1, 0.15) is 11.1 Å². The summed E-state index contributed by atoms with van der Waals surface area (Å²) in [5.41, 5.74) is 1.84. The van der Waals surface area contributed by atoms with E-state index in [9.17, 15) is 9.59 Å². The van der Waals surface area contributed by atoms with Gasteiger partial charge < -0.3 is 14.4 Å². The topological polar surface area (TPSA) is 55.8 Å². The zero-order valence-electron chi connectivity index (χ0n) is 14.7. The average molecular weight is 353 g/mol. The zero-order valence-corrected chi connectivity index (χ0v) is 14.7. The van der Waals surface area contributed by atoms with Crippen molar-refractivity contribution in [3.8, 4) is 0 Å². The summed E-state index contributed by atoms with van der Waals surface area (Å²) in [4.78, 5) is 27.3. The molecule has 0 bridgehead atoms. The van der Waals surface area contributed by atoms with Crippen LogP contribution in [0.5, 0.6) is 0 Å². The molecule has 1 saturated heterocycles. The van der Waals surface area contributed by atoms with Gasteiger partial charge in [-0.15, -0.1) is 0 Å². The largest absolute Gasteiger partial charge is 0.460 e. The Morgan fingerprint density at radius 2 is 1.50 bits per heavy atom. The average Bonchev–Trinajstić information content (AvgIpc) is 2.72. The molecular weight excluding hydrogens is 330 g/mol. The molecule has 1 aliphatic rings. The van der Waals surface area contributed by atoms with Gasteiger partial charge in [0, 0.05) is 13.1 Å². The summed E-state index contributed by atoms with van der Waals surface area (Å²) in [6, 6.07) is 19.0. The molecule has 1 fully saturated rings. The van der Waals surface area contributed by atoms with Crippen molar-refractivity contribution in [1.82, 2.24) is 4.90 Å². The van der Waals surface area contributed by atoms with E-state index < -0.39 is 11.9 Å². The molecule has 0 N–H and O–H groups in total. The van der Waals surface area contributed by atoms with Gasteiger partial charge in [0.05, 0.1) is 13.2 Å². The number of hydrogen-bond acceptors (Lipinski definition) is 4. The Bertz CT molecular complexity index is 711. The van der Waals surface area contributed by atoms with Gasteiger partial charge >= 0.3 is 5.97 Å². The standard InChI is InChI=1S/C21H23NO4/c23-20(22-11-13-25-14-12-22)19(15-17-7-3-1-4-8-17)21(24)26-16-18-9-5-2-6-10-18/h1-10,19H,11-16H2/t19-/m0/s1. The molecule has 0 aromatic heterocycles. The first-order valence-electron chi connectivity index (χ1n) is 8.85. The first kappa shape index (κ1) is 18.1. The van der Waals surface area contributed by atoms with Crippen molar-refractivity contribution in [2.45, 2.75) is 13.0 Å². The van der Waals surface area contributed by atoms with Crippen LogP contribution in [0.25, 0.3) is 0 Å². The lowest BCUT2D eigenvalue weighted by Crippen LogP contribution is -2.46. The number of carbonyl (C=O) groups is 2. The second-order valence-electron chi connectivity index (χ2n) is 6.27. The lowest BCUT2D eigenvalue weighted by molar-refractivity contribution is -0.158. The lowest BCUT2D eigenvalue weighted by atomic mass is 9.97. The highest BCUT2D eigenvalue weighted by molar-refractivity contribution is 5.98. The Balaban J connectivity index is 1.70. The van der Waals surface area contributed by atoms with Crippen molar-refractivity contribution >= 4 is 11.9 Å². The summed E-state index contributed by atoms with van der Waals surface area (Å²) in [5.74, 6) is -1.50. The van der Waals surface area contributed by atoms with E-state index in [1.165, 1.54) is 0 Å². The minimum absolute atomic E-state index is 0.168. The molecule has 1 aliphatic heterocycles. The van der Waals surface area contributed by atoms with Crippen molar-refractivity contribution < 1.29 is 19.1 Å². The van der Waals surface area contributed by atoms with Gasteiger partial charge in [-0.25, -0.2) is 0 Å². The minimum atomic E-state index is -0.834. The molecule has 5 nitrogen and oxygen atoms in total. The fraction of sp³-hybridized carbons (Fsp3) is 0.333. The van der Waals surface area contributed by atoms with Gasteiger partial charge in [0.15, 0.2) is 0 Å². The highest BCUT2D eigenvalue weighted by Gasteiger charge is 2.33. The van der Waals surface area contributed by atoms with Gasteiger partial charge in [0.25, 0.3) is 0 Å². The number of nitrogens with zero attached hydrogens (tertiary/aromatic N) is 1. The molecule has 136 valence electrons. The Morgan fingerprint density at radius 1 is 0.923 bits per heavy atom. The Labute approximate surface area is 153 Å². The first-order valence-corrected chi connectivity index (χ1v) is 8.85. The van der Waals surface area contributed by atoms with Crippen molar-refractivity contribution in [2.24, 2.45) is 5.92 Å². The number of benzene rings is 2. The highest BCUT2D eigenvalue weighted by atomic mass is 16.5. The molecule has 1 heterocycles. The summed E-state index contributed by atoms with van der Waals surface area (Å²) in [6.07, 6.45) is 0.338. The number of hydrogen-bond donors (Lipinski definition) is 0. The number of ether oxygens (including phenoxy) is 2. The summed E-state index contributed by atoms with van der Waals surface area (Å²) in [7, 11) is 0. The maximum Gasteiger partial charge on any atom is 0.319 e. The summed E-state index contributed by atoms with van der Waals surface area (Å²) in [6.45, 7) is 2.19. The maximum atomic E-state index is 12.9. The minimum Gasteiger partial charge on any atom is -0.460 e. The van der Waals surface area contributed by atoms with E-state index in [1.807, 2.05) is 60.7 Å². The fourth-order valence-corrected chi connectivity index (χ4v) is 2.95. The molecule has 1 atom stereocenters. The van der Waals surface area contributed by atoms with Crippen LogP contribution in [-0.4, -0.2) is 43.1 Å². The van der Waals surface area contributed by atoms with E-state index >= 15 is 0 Å². The van der Waals surface area contributed by atoms with E-state index in [-0.39, 0.29) is 12.5 Å². The second-order valence-corrected chi connectivity index (χ2v) is 6.27. The molecule has 0 saturated carbocycles. The zero-order chi connectivity index (χ0) is 18.2. The molecule has 0 unspecified atom stereocenters. The van der Waals surface area contributed by atoms with Gasteiger partial charge in [-0.05, 0) is 17.5 Å². The summed E-state index contributed by atoms with van der Waals surface area (Å²) < 4.78 is 10.8. The predicted molar refractivity (Wildman–Crippen MR) is 97.3 cm³/mol. The van der Waals surface area contributed by atoms with Gasteiger partial charge in [-0.2, -0.15) is 0 Å². The Morgan fingerprint density at radius 3 is 2.12 bits per heavy atom. The van der Waals surface area contributed by atoms with E-state index in [1.54, 1.807) is 4.90 Å². The number of carbonyl (C=O) groups excluding carboxylic acids is 2. The van der Waals surface area contributed by atoms with Crippen LogP contribution in [0.2, 0.25) is 0 Å². The quantitative estimate of drug-likeness (QED) is 0.591. The smallest absolute Gasteiger partial charge is 0.319 e. The van der Waals surface area contributed by atoms with E-state index in [0.717, 1.165) is 11.1 Å². The molecule has 26 heavy (non-hydrogen) atoms. The Kier molecular flexibility index (Phi) is 6.39. The van der Waals surface area contributed by atoms with Crippen molar-refractivity contribution in [3.63, 3.8) is 0 Å². The van der Waals surface area contributed by atoms with Crippen molar-refractivity contribution in [2.75, 3.05) is 26.3 Å². The van der Waals surface area contributed by atoms with E-state index in [0.29, 0.717) is 32.7 Å². The van der Waals surface area contributed by atoms with Crippen molar-refractivity contribution in [1.29, 1.82) is 0 Å². The SMILES string of the molecule is O=C(OCc1ccccc1)[C@@H](Cc1ccccc1)C(=O)N1CCOCC1. The number of rotatable bonds is 6. The fourth-order valence-electron chi connectivity index (χ4n) is 2.95. The molecule has 0 spiro atoms. The van der Waals surface area contributed by atoms with Crippen LogP contribution in [0, 0.1) is 5.92 Å². The number of morpholine rings is 1. The van der Waals surface area contributed by atoms with Gasteiger partial charge in [-0.1, -0.05) is 60.7 Å². The predicted octanol–water partition coefficient (Wildman–Crippen LogP) is 2.45. The van der Waals surface area contributed by atoms with Crippen LogP contribution in [0.15, 0.2) is 60.7 Å². The van der Waals surface area contributed by atoms with Crippen LogP contribution >= 0.6 is 0 Å². The summed E-state index contributed by atoms with van der Waals surface area (Å²) in [5, 5.41) is 0. The molecule has 2 aromatic carbocycles. The third-order valence-corrected chi connectivity index (χ3v) is 4.41. The van der Waals surface area contributed by atoms with Crippen molar-refractivity contribution in [3.05, 3.63) is 71.8 Å². The molecule has 0 aliphatic carbocycles. The molecule has 2 aromatic rings. The molecule has 1 amide bonds. The van der Waals surface area contributed by atoms with Crippen LogP contribution in [0.4, 0.5) is 0 Å². The van der Waals surface area contributed by atoms with Crippen LogP contribution < -0.4 is 0 Å². The van der Waals surface area contributed by atoms with Gasteiger partial charge in [0.2, 0.25) is 5.91 Å². The number of amides is 1. The molecule has 5 heteroatoms. The first-order chi connectivity index (χ1) is 12.7.